The summed E-state index contributed by atoms with van der Waals surface area (Å²) in [5, 5.41) is 4.13. The minimum Gasteiger partial charge on any atom is -0.397 e. The van der Waals surface area contributed by atoms with Crippen molar-refractivity contribution >= 4 is 22.9 Å². The van der Waals surface area contributed by atoms with E-state index in [1.807, 2.05) is 31.2 Å². The Balaban J connectivity index is 2.17. The molecular weight excluding hydrogens is 226 g/mol. The van der Waals surface area contributed by atoms with Gasteiger partial charge >= 0.3 is 0 Å². The van der Waals surface area contributed by atoms with Crippen molar-refractivity contribution in [1.82, 2.24) is 0 Å². The van der Waals surface area contributed by atoms with Gasteiger partial charge in [0.2, 0.25) is 5.78 Å². The number of ketones is 1. The maximum atomic E-state index is 11.7. The molecule has 2 rings (SSSR count). The van der Waals surface area contributed by atoms with Crippen molar-refractivity contribution in [1.29, 1.82) is 0 Å². The second kappa shape index (κ2) is 5.31. The summed E-state index contributed by atoms with van der Waals surface area (Å²) in [5.74, 6) is -0.0786. The number of anilines is 2. The van der Waals surface area contributed by atoms with Gasteiger partial charge in [0, 0.05) is 6.42 Å². The number of hydrogen-bond donors (Lipinski definition) is 2. The maximum Gasteiger partial charge on any atom is 0.202 e. The van der Waals surface area contributed by atoms with Gasteiger partial charge < -0.3 is 5.73 Å². The number of carbonyl (C=O) groups is 1. The highest BCUT2D eigenvalue weighted by atomic mass is 16.1. The minimum absolute atomic E-state index is 0.0786. The van der Waals surface area contributed by atoms with Gasteiger partial charge in [-0.3, -0.25) is 10.2 Å². The Morgan fingerprint density at radius 1 is 1.28 bits per heavy atom. The summed E-state index contributed by atoms with van der Waals surface area (Å²) in [4.78, 5) is 11.7. The lowest BCUT2D eigenvalue weighted by Crippen LogP contribution is -2.12. The maximum absolute atomic E-state index is 11.7. The smallest absolute Gasteiger partial charge is 0.202 e. The van der Waals surface area contributed by atoms with Crippen molar-refractivity contribution in [3.8, 4) is 0 Å². The fourth-order valence-electron chi connectivity index (χ4n) is 1.56. The van der Waals surface area contributed by atoms with Gasteiger partial charge in [0.1, 0.15) is 5.71 Å². The summed E-state index contributed by atoms with van der Waals surface area (Å²) in [7, 11) is 0. The first-order chi connectivity index (χ1) is 8.66. The molecule has 4 heteroatoms. The first kappa shape index (κ1) is 12.1. The summed E-state index contributed by atoms with van der Waals surface area (Å²) in [6, 6.07) is 7.30. The molecule has 0 saturated heterocycles. The zero-order valence-corrected chi connectivity index (χ0v) is 10.2. The fourth-order valence-corrected chi connectivity index (χ4v) is 1.56. The van der Waals surface area contributed by atoms with E-state index in [-0.39, 0.29) is 5.78 Å². The molecule has 0 radical (unpaired) electrons. The molecular formula is C14H15N3O. The number of para-hydroxylation sites is 2. The van der Waals surface area contributed by atoms with E-state index in [0.717, 1.165) is 5.57 Å². The molecule has 1 aliphatic carbocycles. The third-order valence-electron chi connectivity index (χ3n) is 2.67. The molecule has 0 bridgehead atoms. The molecule has 0 amide bonds. The van der Waals surface area contributed by atoms with Gasteiger partial charge in [-0.2, -0.15) is 5.10 Å². The monoisotopic (exact) mass is 241 g/mol. The molecule has 0 fully saturated rings. The predicted molar refractivity (Wildman–Crippen MR) is 74.4 cm³/mol. The molecule has 1 aliphatic rings. The lowest BCUT2D eigenvalue weighted by molar-refractivity contribution is -0.108. The lowest BCUT2D eigenvalue weighted by Gasteiger charge is -2.05. The van der Waals surface area contributed by atoms with Gasteiger partial charge in [0.15, 0.2) is 0 Å². The Labute approximate surface area is 106 Å². The Morgan fingerprint density at radius 3 is 2.83 bits per heavy atom. The van der Waals surface area contributed by atoms with Crippen LogP contribution in [0.4, 0.5) is 11.4 Å². The van der Waals surface area contributed by atoms with Gasteiger partial charge in [0.05, 0.1) is 11.4 Å². The van der Waals surface area contributed by atoms with Crippen LogP contribution in [0.3, 0.4) is 0 Å². The molecule has 0 spiro atoms. The molecule has 0 heterocycles. The minimum atomic E-state index is -0.0786. The summed E-state index contributed by atoms with van der Waals surface area (Å²) in [5.41, 5.74) is 11.5. The second-order valence-corrected chi connectivity index (χ2v) is 4.11. The van der Waals surface area contributed by atoms with Gasteiger partial charge in [-0.1, -0.05) is 29.9 Å². The number of hydrazone groups is 1. The summed E-state index contributed by atoms with van der Waals surface area (Å²) in [6.07, 6.45) is 5.82. The highest BCUT2D eigenvalue weighted by Gasteiger charge is 2.10. The van der Waals surface area contributed by atoms with Gasteiger partial charge in [-0.15, -0.1) is 0 Å². The summed E-state index contributed by atoms with van der Waals surface area (Å²) >= 11 is 0. The lowest BCUT2D eigenvalue weighted by atomic mass is 10.2. The van der Waals surface area contributed by atoms with Crippen LogP contribution >= 0.6 is 0 Å². The van der Waals surface area contributed by atoms with Crippen LogP contribution < -0.4 is 11.2 Å². The van der Waals surface area contributed by atoms with Crippen molar-refractivity contribution in [3.05, 3.63) is 48.1 Å². The number of hydrogen-bond acceptors (Lipinski definition) is 4. The van der Waals surface area contributed by atoms with Crippen molar-refractivity contribution < 1.29 is 4.79 Å². The van der Waals surface area contributed by atoms with Gasteiger partial charge in [-0.25, -0.2) is 0 Å². The van der Waals surface area contributed by atoms with E-state index >= 15 is 0 Å². The van der Waals surface area contributed by atoms with E-state index < -0.39 is 0 Å². The first-order valence-corrected chi connectivity index (χ1v) is 5.73. The van der Waals surface area contributed by atoms with Gasteiger partial charge in [-0.05, 0) is 25.1 Å². The highest BCUT2D eigenvalue weighted by molar-refractivity contribution is 6.44. The number of benzene rings is 1. The predicted octanol–water partition coefficient (Wildman–Crippen LogP) is 2.51. The van der Waals surface area contributed by atoms with Crippen LogP contribution in [0.15, 0.2) is 53.2 Å². The molecule has 0 saturated carbocycles. The van der Waals surface area contributed by atoms with E-state index in [2.05, 4.69) is 10.5 Å². The number of allylic oxidation sites excluding steroid dienone is 4. The van der Waals surface area contributed by atoms with Crippen LogP contribution in [0.1, 0.15) is 13.3 Å². The van der Waals surface area contributed by atoms with Crippen molar-refractivity contribution in [2.24, 2.45) is 5.10 Å². The molecule has 3 N–H and O–H groups in total. The standard InChI is InChI=1S/C14H15N3O/c1-10-6-8-13(14(18)9-7-10)17-16-12-5-3-2-4-11(12)15/h2-7,9,16H,8,15H2,1H3. The largest absolute Gasteiger partial charge is 0.397 e. The molecule has 1 aromatic carbocycles. The number of carbonyl (C=O) groups excluding carboxylic acids is 1. The van der Waals surface area contributed by atoms with Crippen LogP contribution in [0, 0.1) is 0 Å². The molecule has 1 aromatic rings. The molecule has 0 unspecified atom stereocenters. The molecule has 0 aromatic heterocycles. The van der Waals surface area contributed by atoms with Crippen molar-refractivity contribution in [2.45, 2.75) is 13.3 Å². The van der Waals surface area contributed by atoms with Crippen LogP contribution in [0.25, 0.3) is 0 Å². The number of nitrogens with zero attached hydrogens (tertiary/aromatic N) is 1. The third kappa shape index (κ3) is 2.85. The SMILES string of the molecule is CC1=CCC(=NNc2ccccc2N)C(=O)C=C1. The van der Waals surface area contributed by atoms with Crippen LogP contribution in [0.5, 0.6) is 0 Å². The quantitative estimate of drug-likeness (QED) is 0.617. The third-order valence-corrected chi connectivity index (χ3v) is 2.67. The Morgan fingerprint density at radius 2 is 2.06 bits per heavy atom. The normalized spacial score (nSPS) is 17.5. The average molecular weight is 241 g/mol. The van der Waals surface area contributed by atoms with Crippen LogP contribution in [-0.2, 0) is 4.79 Å². The average Bonchev–Trinajstić information content (AvgIpc) is 2.52. The van der Waals surface area contributed by atoms with Crippen molar-refractivity contribution in [3.63, 3.8) is 0 Å². The summed E-state index contributed by atoms with van der Waals surface area (Å²) in [6.45, 7) is 1.95. The molecule has 18 heavy (non-hydrogen) atoms. The van der Waals surface area contributed by atoms with Crippen LogP contribution in [0.2, 0.25) is 0 Å². The zero-order valence-electron chi connectivity index (χ0n) is 10.2. The molecule has 92 valence electrons. The van der Waals surface area contributed by atoms with E-state index in [1.54, 1.807) is 12.1 Å². The number of nitrogen functional groups attached to an aromatic ring is 1. The zero-order chi connectivity index (χ0) is 13.0. The van der Waals surface area contributed by atoms with E-state index in [9.17, 15) is 4.79 Å². The first-order valence-electron chi connectivity index (χ1n) is 5.73. The van der Waals surface area contributed by atoms with E-state index in [1.165, 1.54) is 6.08 Å². The topological polar surface area (TPSA) is 67.5 Å². The number of rotatable bonds is 2. The Bertz CT molecular complexity index is 556. The summed E-state index contributed by atoms with van der Waals surface area (Å²) < 4.78 is 0. The Hall–Kier alpha value is -2.36. The fraction of sp³-hybridized carbons (Fsp3) is 0.143. The molecule has 4 nitrogen and oxygen atoms in total. The van der Waals surface area contributed by atoms with E-state index in [0.29, 0.717) is 23.5 Å². The van der Waals surface area contributed by atoms with Crippen molar-refractivity contribution in [2.75, 3.05) is 11.2 Å². The number of nitrogens with two attached hydrogens (primary N) is 1. The number of nitrogens with one attached hydrogen (secondary N) is 1. The molecule has 0 atom stereocenters. The second-order valence-electron chi connectivity index (χ2n) is 4.11. The van der Waals surface area contributed by atoms with Crippen LogP contribution in [-0.4, -0.2) is 11.5 Å². The van der Waals surface area contributed by atoms with Gasteiger partial charge in [0.25, 0.3) is 0 Å². The Kier molecular flexibility index (Phi) is 3.57. The van der Waals surface area contributed by atoms with E-state index in [4.69, 9.17) is 5.73 Å². The highest BCUT2D eigenvalue weighted by Crippen LogP contribution is 2.17. The molecule has 0 aliphatic heterocycles.